The number of para-hydroxylation sites is 1. The normalized spacial score (nSPS) is 24.7. The summed E-state index contributed by atoms with van der Waals surface area (Å²) in [5.41, 5.74) is 2.06. The molecule has 1 saturated carbocycles. The van der Waals surface area contributed by atoms with Crippen molar-refractivity contribution in [2.24, 2.45) is 12.5 Å². The molecule has 0 bridgehead atoms. The van der Waals surface area contributed by atoms with Crippen LogP contribution in [0.2, 0.25) is 0 Å². The summed E-state index contributed by atoms with van der Waals surface area (Å²) in [5, 5.41) is 25.0. The molecule has 7 heteroatoms. The van der Waals surface area contributed by atoms with Gasteiger partial charge in [0.1, 0.15) is 0 Å². The van der Waals surface area contributed by atoms with Gasteiger partial charge in [0, 0.05) is 55.0 Å². The second-order valence-corrected chi connectivity index (χ2v) is 7.76. The van der Waals surface area contributed by atoms with E-state index in [9.17, 15) is 10.2 Å². The summed E-state index contributed by atoms with van der Waals surface area (Å²) in [7, 11) is 2.05. The smallest absolute Gasteiger partial charge is 0.232 e. The van der Waals surface area contributed by atoms with Crippen molar-refractivity contribution in [1.29, 1.82) is 0 Å². The third kappa shape index (κ3) is 3.87. The van der Waals surface area contributed by atoms with Gasteiger partial charge >= 0.3 is 0 Å². The van der Waals surface area contributed by atoms with E-state index in [0.29, 0.717) is 38.4 Å². The van der Waals surface area contributed by atoms with E-state index >= 15 is 0 Å². The van der Waals surface area contributed by atoms with Crippen molar-refractivity contribution in [1.82, 2.24) is 19.9 Å². The van der Waals surface area contributed by atoms with Crippen LogP contribution in [0.3, 0.4) is 0 Å². The van der Waals surface area contributed by atoms with Crippen molar-refractivity contribution in [2.75, 3.05) is 13.2 Å². The van der Waals surface area contributed by atoms with Crippen molar-refractivity contribution in [2.45, 2.75) is 31.6 Å². The van der Waals surface area contributed by atoms with Gasteiger partial charge in [0.25, 0.3) is 0 Å². The summed E-state index contributed by atoms with van der Waals surface area (Å²) in [6.45, 7) is 1.70. The van der Waals surface area contributed by atoms with E-state index in [0.717, 1.165) is 0 Å². The van der Waals surface area contributed by atoms with Crippen LogP contribution in [0.1, 0.15) is 18.4 Å². The molecule has 0 saturated heterocycles. The van der Waals surface area contributed by atoms with Gasteiger partial charge in [-0.05, 0) is 24.5 Å². The molecule has 1 fully saturated rings. The highest BCUT2D eigenvalue weighted by atomic mass is 16.5. The van der Waals surface area contributed by atoms with Crippen molar-refractivity contribution in [3.63, 3.8) is 0 Å². The SMILES string of the molecule is Cn1cc(CNCC2(COc3cnccn3)C[C@@H](O)[C@@H](O)C2)c2ccccc21. The summed E-state index contributed by atoms with van der Waals surface area (Å²) in [4.78, 5) is 8.15. The lowest BCUT2D eigenvalue weighted by Crippen LogP contribution is -2.38. The zero-order chi connectivity index (χ0) is 19.6. The number of rotatable bonds is 7. The lowest BCUT2D eigenvalue weighted by Gasteiger charge is -2.29. The van der Waals surface area contributed by atoms with Gasteiger partial charge < -0.3 is 24.8 Å². The van der Waals surface area contributed by atoms with E-state index in [2.05, 4.69) is 38.2 Å². The lowest BCUT2D eigenvalue weighted by atomic mass is 9.86. The Morgan fingerprint density at radius 3 is 2.75 bits per heavy atom. The third-order valence-electron chi connectivity index (χ3n) is 5.59. The minimum Gasteiger partial charge on any atom is -0.476 e. The van der Waals surface area contributed by atoms with Crippen molar-refractivity contribution in [3.8, 4) is 5.88 Å². The van der Waals surface area contributed by atoms with E-state index < -0.39 is 12.2 Å². The fraction of sp³-hybridized carbons (Fsp3) is 0.429. The number of aryl methyl sites for hydroxylation is 1. The van der Waals surface area contributed by atoms with Crippen LogP contribution in [0, 0.1) is 5.41 Å². The number of ether oxygens (including phenoxy) is 1. The second-order valence-electron chi connectivity index (χ2n) is 7.76. The van der Waals surface area contributed by atoms with Crippen LogP contribution in [0.25, 0.3) is 10.9 Å². The fourth-order valence-corrected chi connectivity index (χ4v) is 4.17. The third-order valence-corrected chi connectivity index (χ3v) is 5.59. The van der Waals surface area contributed by atoms with Gasteiger partial charge in [-0.25, -0.2) is 4.98 Å². The highest BCUT2D eigenvalue weighted by Crippen LogP contribution is 2.38. The Hall–Kier alpha value is -2.48. The topological polar surface area (TPSA) is 92.4 Å². The minimum absolute atomic E-state index is 0.360. The molecule has 28 heavy (non-hydrogen) atoms. The molecular weight excluding hydrogens is 356 g/mol. The largest absolute Gasteiger partial charge is 0.476 e. The van der Waals surface area contributed by atoms with Gasteiger partial charge in [-0.15, -0.1) is 0 Å². The van der Waals surface area contributed by atoms with Crippen LogP contribution >= 0.6 is 0 Å². The van der Waals surface area contributed by atoms with E-state index in [4.69, 9.17) is 4.74 Å². The fourth-order valence-electron chi connectivity index (χ4n) is 4.17. The van der Waals surface area contributed by atoms with E-state index in [-0.39, 0.29) is 5.41 Å². The van der Waals surface area contributed by atoms with Gasteiger partial charge in [0.05, 0.1) is 25.0 Å². The molecular formula is C21H26N4O3. The predicted octanol–water partition coefficient (Wildman–Crippen LogP) is 1.64. The number of aliphatic hydroxyl groups excluding tert-OH is 2. The second kappa shape index (κ2) is 7.87. The van der Waals surface area contributed by atoms with Gasteiger partial charge in [0.15, 0.2) is 0 Å². The Balaban J connectivity index is 1.44. The first-order valence-corrected chi connectivity index (χ1v) is 9.55. The number of nitrogens with one attached hydrogen (secondary N) is 1. The first-order chi connectivity index (χ1) is 13.6. The highest BCUT2D eigenvalue weighted by molar-refractivity contribution is 5.83. The molecule has 4 rings (SSSR count). The van der Waals surface area contributed by atoms with Crippen LogP contribution in [0.4, 0.5) is 0 Å². The molecule has 1 unspecified atom stereocenters. The van der Waals surface area contributed by atoms with Crippen LogP contribution in [-0.4, -0.2) is 50.1 Å². The van der Waals surface area contributed by atoms with E-state index in [1.165, 1.54) is 16.5 Å². The highest BCUT2D eigenvalue weighted by Gasteiger charge is 2.44. The maximum absolute atomic E-state index is 10.1. The number of aromatic nitrogens is 3. The zero-order valence-electron chi connectivity index (χ0n) is 16.0. The van der Waals surface area contributed by atoms with Crippen molar-refractivity contribution >= 4 is 10.9 Å². The minimum atomic E-state index is -0.732. The number of hydrogen-bond acceptors (Lipinski definition) is 6. The van der Waals surface area contributed by atoms with Crippen molar-refractivity contribution in [3.05, 3.63) is 54.6 Å². The Morgan fingerprint density at radius 1 is 1.21 bits per heavy atom. The summed E-state index contributed by atoms with van der Waals surface area (Å²) >= 11 is 0. The Bertz CT molecular complexity index is 918. The summed E-state index contributed by atoms with van der Waals surface area (Å²) in [6, 6.07) is 8.33. The Kier molecular flexibility index (Phi) is 5.30. The predicted molar refractivity (Wildman–Crippen MR) is 106 cm³/mol. The van der Waals surface area contributed by atoms with Gasteiger partial charge in [-0.2, -0.15) is 0 Å². The van der Waals surface area contributed by atoms with E-state index in [1.807, 2.05) is 19.2 Å². The summed E-state index contributed by atoms with van der Waals surface area (Å²) in [6.07, 6.45) is 6.39. The molecule has 3 aromatic rings. The molecule has 1 aliphatic carbocycles. The first-order valence-electron chi connectivity index (χ1n) is 9.55. The monoisotopic (exact) mass is 382 g/mol. The average molecular weight is 382 g/mol. The maximum atomic E-state index is 10.1. The quantitative estimate of drug-likeness (QED) is 0.575. The molecule has 148 valence electrons. The Morgan fingerprint density at radius 2 is 2.00 bits per heavy atom. The lowest BCUT2D eigenvalue weighted by molar-refractivity contribution is 0.0438. The molecule has 2 aromatic heterocycles. The van der Waals surface area contributed by atoms with Gasteiger partial charge in [-0.3, -0.25) is 4.98 Å². The number of benzene rings is 1. The molecule has 3 N–H and O–H groups in total. The van der Waals surface area contributed by atoms with Crippen LogP contribution in [0.15, 0.2) is 49.1 Å². The zero-order valence-corrected chi connectivity index (χ0v) is 16.0. The number of hydrogen-bond donors (Lipinski definition) is 3. The van der Waals surface area contributed by atoms with Gasteiger partial charge in [-0.1, -0.05) is 18.2 Å². The average Bonchev–Trinajstić information content (AvgIpc) is 3.18. The molecule has 2 heterocycles. The van der Waals surface area contributed by atoms with E-state index in [1.54, 1.807) is 18.6 Å². The summed E-state index contributed by atoms with van der Waals surface area (Å²) < 4.78 is 7.95. The molecule has 1 aromatic carbocycles. The molecule has 3 atom stereocenters. The number of aliphatic hydroxyl groups is 2. The standard InChI is InChI=1S/C21H26N4O3/c1-25-12-15(16-4-2-3-5-17(16)25)10-23-13-21(8-18(26)19(27)9-21)14-28-20-11-22-6-7-24-20/h2-7,11-12,18-19,23,26-27H,8-10,13-14H2,1H3/t18-,19+,21?. The number of nitrogens with zero attached hydrogens (tertiary/aromatic N) is 3. The molecule has 0 aliphatic heterocycles. The van der Waals surface area contributed by atoms with Crippen LogP contribution < -0.4 is 10.1 Å². The molecule has 1 aliphatic rings. The van der Waals surface area contributed by atoms with Crippen molar-refractivity contribution < 1.29 is 14.9 Å². The van der Waals surface area contributed by atoms with Crippen LogP contribution in [-0.2, 0) is 13.6 Å². The molecule has 0 amide bonds. The molecule has 0 radical (unpaired) electrons. The first kappa shape index (κ1) is 18.9. The maximum Gasteiger partial charge on any atom is 0.232 e. The van der Waals surface area contributed by atoms with Gasteiger partial charge in [0.2, 0.25) is 5.88 Å². The molecule has 7 nitrogen and oxygen atoms in total. The molecule has 0 spiro atoms. The Labute approximate surface area is 164 Å². The number of fused-ring (bicyclic) bond motifs is 1. The summed E-state index contributed by atoms with van der Waals surface area (Å²) in [5.74, 6) is 0.451. The van der Waals surface area contributed by atoms with Crippen LogP contribution in [0.5, 0.6) is 5.88 Å².